The number of rotatable bonds is 8. The van der Waals surface area contributed by atoms with Crippen molar-refractivity contribution >= 4 is 21.6 Å². The predicted octanol–water partition coefficient (Wildman–Crippen LogP) is 4.05. The number of carbonyl (C=O) groups excluding carboxylic acids is 1. The average Bonchev–Trinajstić information content (AvgIpc) is 3.05. The molecule has 8 heteroatoms. The van der Waals surface area contributed by atoms with Crippen LogP contribution in [0.5, 0.6) is 11.5 Å². The molecular weight excluding hydrogens is 428 g/mol. The van der Waals surface area contributed by atoms with Crippen LogP contribution in [0.2, 0.25) is 0 Å². The summed E-state index contributed by atoms with van der Waals surface area (Å²) >= 11 is 0. The lowest BCUT2D eigenvalue weighted by Gasteiger charge is -2.26. The van der Waals surface area contributed by atoms with Gasteiger partial charge in [-0.3, -0.25) is 9.10 Å². The molecule has 0 saturated heterocycles. The maximum Gasteiger partial charge on any atom is 0.264 e. The predicted molar refractivity (Wildman–Crippen MR) is 125 cm³/mol. The molecule has 1 aliphatic rings. The van der Waals surface area contributed by atoms with E-state index in [2.05, 4.69) is 5.32 Å². The number of methoxy groups -OCH3 is 2. The van der Waals surface area contributed by atoms with E-state index in [1.807, 2.05) is 6.92 Å². The molecule has 7 nitrogen and oxygen atoms in total. The third-order valence-corrected chi connectivity index (χ3v) is 7.56. The topological polar surface area (TPSA) is 84.9 Å². The standard InChI is InChI=1S/C24H32N2O5S/c1-18-10-13-21(14-11-18)32(28,29)26(20-12-15-22(30-2)23(16-20)31-3)17-24(27)25-19-8-6-4-5-7-9-19/h10-16,19H,4-9,17H2,1-3H3,(H,25,27). The lowest BCUT2D eigenvalue weighted by Crippen LogP contribution is -2.44. The molecular formula is C24H32N2O5S. The first-order chi connectivity index (χ1) is 15.3. The van der Waals surface area contributed by atoms with Gasteiger partial charge in [-0.2, -0.15) is 0 Å². The molecule has 0 spiro atoms. The van der Waals surface area contributed by atoms with Gasteiger partial charge < -0.3 is 14.8 Å². The second-order valence-electron chi connectivity index (χ2n) is 8.12. The van der Waals surface area contributed by atoms with Gasteiger partial charge in [-0.25, -0.2) is 8.42 Å². The highest BCUT2D eigenvalue weighted by atomic mass is 32.2. The van der Waals surface area contributed by atoms with E-state index in [0.717, 1.165) is 35.6 Å². The number of nitrogens with one attached hydrogen (secondary N) is 1. The van der Waals surface area contributed by atoms with Gasteiger partial charge in [0.15, 0.2) is 11.5 Å². The van der Waals surface area contributed by atoms with Crippen LogP contribution in [-0.4, -0.2) is 41.1 Å². The Balaban J connectivity index is 1.93. The number of carbonyl (C=O) groups is 1. The summed E-state index contributed by atoms with van der Waals surface area (Å²) in [6, 6.07) is 11.5. The normalized spacial score (nSPS) is 15.0. The fourth-order valence-corrected chi connectivity index (χ4v) is 5.37. The molecule has 0 aromatic heterocycles. The van der Waals surface area contributed by atoms with Crippen LogP contribution in [0.15, 0.2) is 47.4 Å². The Kier molecular flexibility index (Phi) is 8.01. The first kappa shape index (κ1) is 23.9. The summed E-state index contributed by atoms with van der Waals surface area (Å²) in [5.41, 5.74) is 1.28. The molecule has 1 amide bonds. The highest BCUT2D eigenvalue weighted by molar-refractivity contribution is 7.92. The molecule has 0 aliphatic heterocycles. The lowest BCUT2D eigenvalue weighted by molar-refractivity contribution is -0.120. The van der Waals surface area contributed by atoms with Crippen molar-refractivity contribution in [2.45, 2.75) is 56.4 Å². The zero-order valence-electron chi connectivity index (χ0n) is 19.0. The van der Waals surface area contributed by atoms with Crippen LogP contribution in [0.25, 0.3) is 0 Å². The van der Waals surface area contributed by atoms with Crippen molar-refractivity contribution in [2.24, 2.45) is 0 Å². The number of anilines is 1. The molecule has 1 saturated carbocycles. The van der Waals surface area contributed by atoms with Crippen LogP contribution in [0.3, 0.4) is 0 Å². The molecule has 174 valence electrons. The summed E-state index contributed by atoms with van der Waals surface area (Å²) in [5.74, 6) is 0.549. The van der Waals surface area contributed by atoms with E-state index in [1.54, 1.807) is 42.5 Å². The number of sulfonamides is 1. The molecule has 2 aromatic rings. The molecule has 0 radical (unpaired) electrons. The summed E-state index contributed by atoms with van der Waals surface area (Å²) in [7, 11) is -0.985. The zero-order chi connectivity index (χ0) is 23.1. The van der Waals surface area contributed by atoms with Gasteiger partial charge in [-0.1, -0.05) is 43.4 Å². The number of benzene rings is 2. The second-order valence-corrected chi connectivity index (χ2v) is 9.98. The van der Waals surface area contributed by atoms with Gasteiger partial charge >= 0.3 is 0 Å². The quantitative estimate of drug-likeness (QED) is 0.601. The minimum Gasteiger partial charge on any atom is -0.493 e. The summed E-state index contributed by atoms with van der Waals surface area (Å²) in [4.78, 5) is 13.1. The van der Waals surface area contributed by atoms with Crippen LogP contribution in [-0.2, 0) is 14.8 Å². The third kappa shape index (κ3) is 5.73. The first-order valence-corrected chi connectivity index (χ1v) is 12.4. The van der Waals surface area contributed by atoms with Crippen LogP contribution in [0, 0.1) is 6.92 Å². The molecule has 0 bridgehead atoms. The van der Waals surface area contributed by atoms with E-state index in [0.29, 0.717) is 17.2 Å². The van der Waals surface area contributed by atoms with Crippen LogP contribution < -0.4 is 19.1 Å². The molecule has 0 atom stereocenters. The van der Waals surface area contributed by atoms with Crippen molar-refractivity contribution in [3.05, 3.63) is 48.0 Å². The van der Waals surface area contributed by atoms with Crippen molar-refractivity contribution in [3.8, 4) is 11.5 Å². The highest BCUT2D eigenvalue weighted by Gasteiger charge is 2.29. The first-order valence-electron chi connectivity index (χ1n) is 11.0. The number of aryl methyl sites for hydroxylation is 1. The van der Waals surface area contributed by atoms with Gasteiger partial charge in [-0.15, -0.1) is 0 Å². The number of nitrogens with zero attached hydrogens (tertiary/aromatic N) is 1. The Labute approximate surface area is 190 Å². The zero-order valence-corrected chi connectivity index (χ0v) is 19.8. The van der Waals surface area contributed by atoms with Crippen molar-refractivity contribution in [2.75, 3.05) is 25.1 Å². The maximum absolute atomic E-state index is 13.6. The minimum absolute atomic E-state index is 0.0827. The number of amides is 1. The Bertz CT molecular complexity index is 1010. The van der Waals surface area contributed by atoms with Crippen molar-refractivity contribution in [1.82, 2.24) is 5.32 Å². The number of ether oxygens (including phenoxy) is 2. The van der Waals surface area contributed by atoms with Gasteiger partial charge in [-0.05, 0) is 44.0 Å². The Morgan fingerprint density at radius 2 is 1.59 bits per heavy atom. The second kappa shape index (κ2) is 10.7. The van der Waals surface area contributed by atoms with Crippen molar-refractivity contribution in [1.29, 1.82) is 0 Å². The van der Waals surface area contributed by atoms with Crippen LogP contribution in [0.1, 0.15) is 44.1 Å². The fourth-order valence-electron chi connectivity index (χ4n) is 3.96. The molecule has 0 unspecified atom stereocenters. The molecule has 2 aromatic carbocycles. The molecule has 32 heavy (non-hydrogen) atoms. The monoisotopic (exact) mass is 460 g/mol. The van der Waals surface area contributed by atoms with E-state index >= 15 is 0 Å². The molecule has 1 N–H and O–H groups in total. The van der Waals surface area contributed by atoms with Crippen LogP contribution >= 0.6 is 0 Å². The largest absolute Gasteiger partial charge is 0.493 e. The van der Waals surface area contributed by atoms with E-state index in [1.165, 1.54) is 27.1 Å². The molecule has 0 heterocycles. The Hall–Kier alpha value is -2.74. The van der Waals surface area contributed by atoms with Gasteiger partial charge in [0.25, 0.3) is 10.0 Å². The van der Waals surface area contributed by atoms with Gasteiger partial charge in [0.2, 0.25) is 5.91 Å². The molecule has 1 aliphatic carbocycles. The smallest absolute Gasteiger partial charge is 0.264 e. The minimum atomic E-state index is -3.98. The SMILES string of the molecule is COc1ccc(N(CC(=O)NC2CCCCCC2)S(=O)(=O)c2ccc(C)cc2)cc1OC. The Morgan fingerprint density at radius 3 is 2.19 bits per heavy atom. The fraction of sp³-hybridized carbons (Fsp3) is 0.458. The van der Waals surface area contributed by atoms with E-state index in [4.69, 9.17) is 9.47 Å². The van der Waals surface area contributed by atoms with E-state index < -0.39 is 10.0 Å². The van der Waals surface area contributed by atoms with Crippen molar-refractivity contribution < 1.29 is 22.7 Å². The average molecular weight is 461 g/mol. The van der Waals surface area contributed by atoms with E-state index in [9.17, 15) is 13.2 Å². The summed E-state index contributed by atoms with van der Waals surface area (Å²) < 4.78 is 38.9. The van der Waals surface area contributed by atoms with Gasteiger partial charge in [0.1, 0.15) is 6.54 Å². The summed E-state index contributed by atoms with van der Waals surface area (Å²) in [6.07, 6.45) is 6.34. The summed E-state index contributed by atoms with van der Waals surface area (Å²) in [6.45, 7) is 1.57. The highest BCUT2D eigenvalue weighted by Crippen LogP contribution is 2.33. The third-order valence-electron chi connectivity index (χ3n) is 5.77. The number of hydrogen-bond donors (Lipinski definition) is 1. The molecule has 1 fully saturated rings. The van der Waals surface area contributed by atoms with Crippen molar-refractivity contribution in [3.63, 3.8) is 0 Å². The lowest BCUT2D eigenvalue weighted by atomic mass is 10.1. The maximum atomic E-state index is 13.6. The summed E-state index contributed by atoms with van der Waals surface area (Å²) in [5, 5.41) is 3.04. The molecule has 3 rings (SSSR count). The Morgan fingerprint density at radius 1 is 0.969 bits per heavy atom. The number of hydrogen-bond acceptors (Lipinski definition) is 5. The van der Waals surface area contributed by atoms with E-state index in [-0.39, 0.29) is 23.4 Å². The van der Waals surface area contributed by atoms with Gasteiger partial charge in [0, 0.05) is 12.1 Å². The van der Waals surface area contributed by atoms with Crippen LogP contribution in [0.4, 0.5) is 5.69 Å². The van der Waals surface area contributed by atoms with Gasteiger partial charge in [0.05, 0.1) is 24.8 Å².